The van der Waals surface area contributed by atoms with E-state index in [-0.39, 0.29) is 5.82 Å². The zero-order valence-corrected chi connectivity index (χ0v) is 8.33. The fraction of sp³-hybridized carbons (Fsp3) is 0.455. The highest BCUT2D eigenvalue weighted by Gasteiger charge is 2.17. The Labute approximate surface area is 83.7 Å². The zero-order valence-electron chi connectivity index (χ0n) is 8.33. The van der Waals surface area contributed by atoms with Crippen LogP contribution in [0.3, 0.4) is 0 Å². The lowest BCUT2D eigenvalue weighted by Gasteiger charge is -2.31. The molecule has 1 aromatic rings. The van der Waals surface area contributed by atoms with Gasteiger partial charge in [-0.15, -0.1) is 0 Å². The van der Waals surface area contributed by atoms with Crippen LogP contribution in [-0.2, 0) is 0 Å². The lowest BCUT2D eigenvalue weighted by atomic mass is 10.1. The Morgan fingerprint density at radius 3 is 2.71 bits per heavy atom. The number of hydrogen-bond acceptors (Lipinski definition) is 2. The standard InChI is InChI=1S/C11H15FN2/c1-14-7-6-13-11(8-14)9-2-4-10(12)5-3-9/h2-5,11,13H,6-8H2,1H3/t11-/m1/s1. The molecule has 1 aliphatic heterocycles. The summed E-state index contributed by atoms with van der Waals surface area (Å²) in [6, 6.07) is 7.09. The van der Waals surface area contributed by atoms with Gasteiger partial charge in [-0.05, 0) is 24.7 Å². The van der Waals surface area contributed by atoms with E-state index in [1.54, 1.807) is 0 Å². The highest BCUT2D eigenvalue weighted by molar-refractivity contribution is 5.20. The van der Waals surface area contributed by atoms with E-state index < -0.39 is 0 Å². The normalized spacial score (nSPS) is 23.7. The third-order valence-corrected chi connectivity index (χ3v) is 2.65. The molecule has 1 aliphatic rings. The van der Waals surface area contributed by atoms with Gasteiger partial charge >= 0.3 is 0 Å². The molecule has 14 heavy (non-hydrogen) atoms. The highest BCUT2D eigenvalue weighted by Crippen LogP contribution is 2.16. The summed E-state index contributed by atoms with van der Waals surface area (Å²) in [5, 5.41) is 3.42. The Morgan fingerprint density at radius 1 is 1.36 bits per heavy atom. The van der Waals surface area contributed by atoms with Crippen molar-refractivity contribution in [3.8, 4) is 0 Å². The van der Waals surface area contributed by atoms with E-state index in [9.17, 15) is 4.39 Å². The van der Waals surface area contributed by atoms with Crippen molar-refractivity contribution in [3.05, 3.63) is 35.6 Å². The first-order valence-electron chi connectivity index (χ1n) is 4.93. The molecule has 0 saturated carbocycles. The Hall–Kier alpha value is -0.930. The Kier molecular flexibility index (Phi) is 2.79. The van der Waals surface area contributed by atoms with Crippen LogP contribution in [0.1, 0.15) is 11.6 Å². The third kappa shape index (κ3) is 2.11. The minimum Gasteiger partial charge on any atom is -0.308 e. The average Bonchev–Trinajstić information content (AvgIpc) is 2.19. The number of piperazine rings is 1. The van der Waals surface area contributed by atoms with Crippen molar-refractivity contribution >= 4 is 0 Å². The van der Waals surface area contributed by atoms with Crippen molar-refractivity contribution < 1.29 is 4.39 Å². The van der Waals surface area contributed by atoms with E-state index in [4.69, 9.17) is 0 Å². The SMILES string of the molecule is CN1CCN[C@@H](c2ccc(F)cc2)C1. The third-order valence-electron chi connectivity index (χ3n) is 2.65. The van der Waals surface area contributed by atoms with Crippen molar-refractivity contribution in [1.82, 2.24) is 10.2 Å². The van der Waals surface area contributed by atoms with E-state index in [1.807, 2.05) is 12.1 Å². The van der Waals surface area contributed by atoms with Crippen LogP contribution in [0.4, 0.5) is 4.39 Å². The van der Waals surface area contributed by atoms with E-state index in [0.29, 0.717) is 6.04 Å². The van der Waals surface area contributed by atoms with Crippen molar-refractivity contribution in [2.45, 2.75) is 6.04 Å². The molecule has 76 valence electrons. The maximum atomic E-state index is 12.7. The highest BCUT2D eigenvalue weighted by atomic mass is 19.1. The van der Waals surface area contributed by atoms with E-state index >= 15 is 0 Å². The summed E-state index contributed by atoms with van der Waals surface area (Å²) in [4.78, 5) is 2.28. The van der Waals surface area contributed by atoms with Gasteiger partial charge in [0.25, 0.3) is 0 Å². The van der Waals surface area contributed by atoms with Gasteiger partial charge in [-0.2, -0.15) is 0 Å². The van der Waals surface area contributed by atoms with Gasteiger partial charge < -0.3 is 10.2 Å². The molecule has 1 aromatic carbocycles. The number of benzene rings is 1. The number of nitrogens with zero attached hydrogens (tertiary/aromatic N) is 1. The van der Waals surface area contributed by atoms with Gasteiger partial charge in [-0.3, -0.25) is 0 Å². The number of rotatable bonds is 1. The maximum absolute atomic E-state index is 12.7. The van der Waals surface area contributed by atoms with Crippen molar-refractivity contribution in [1.29, 1.82) is 0 Å². The molecule has 1 N–H and O–H groups in total. The topological polar surface area (TPSA) is 15.3 Å². The van der Waals surface area contributed by atoms with E-state index in [2.05, 4.69) is 17.3 Å². The largest absolute Gasteiger partial charge is 0.308 e. The summed E-state index contributed by atoms with van der Waals surface area (Å²) in [6.45, 7) is 3.07. The lowest BCUT2D eigenvalue weighted by Crippen LogP contribution is -2.43. The molecular formula is C11H15FN2. The van der Waals surface area contributed by atoms with Crippen molar-refractivity contribution in [2.75, 3.05) is 26.7 Å². The molecule has 2 nitrogen and oxygen atoms in total. The summed E-state index contributed by atoms with van der Waals surface area (Å²) in [5.41, 5.74) is 1.16. The van der Waals surface area contributed by atoms with Crippen LogP contribution in [0.25, 0.3) is 0 Å². The molecule has 1 fully saturated rings. The van der Waals surface area contributed by atoms with Crippen LogP contribution >= 0.6 is 0 Å². The molecular weight excluding hydrogens is 179 g/mol. The summed E-state index contributed by atoms with van der Waals surface area (Å²) >= 11 is 0. The van der Waals surface area contributed by atoms with Gasteiger partial charge in [0.1, 0.15) is 5.82 Å². The van der Waals surface area contributed by atoms with Gasteiger partial charge in [0, 0.05) is 25.7 Å². The molecule has 3 heteroatoms. The Morgan fingerprint density at radius 2 is 2.07 bits per heavy atom. The van der Waals surface area contributed by atoms with Gasteiger partial charge in [-0.1, -0.05) is 12.1 Å². The second kappa shape index (κ2) is 4.07. The van der Waals surface area contributed by atoms with Crippen LogP contribution in [0, 0.1) is 5.82 Å². The van der Waals surface area contributed by atoms with Crippen LogP contribution < -0.4 is 5.32 Å². The van der Waals surface area contributed by atoms with E-state index in [1.165, 1.54) is 12.1 Å². The van der Waals surface area contributed by atoms with Crippen LogP contribution in [0.5, 0.6) is 0 Å². The lowest BCUT2D eigenvalue weighted by molar-refractivity contribution is 0.241. The molecule has 1 atom stereocenters. The summed E-state index contributed by atoms with van der Waals surface area (Å²) < 4.78 is 12.7. The zero-order chi connectivity index (χ0) is 9.97. The van der Waals surface area contributed by atoms with Gasteiger partial charge in [0.15, 0.2) is 0 Å². The van der Waals surface area contributed by atoms with Crippen molar-refractivity contribution in [2.24, 2.45) is 0 Å². The monoisotopic (exact) mass is 194 g/mol. The minimum absolute atomic E-state index is 0.169. The Bertz CT molecular complexity index is 297. The molecule has 0 unspecified atom stereocenters. The smallest absolute Gasteiger partial charge is 0.123 e. The number of hydrogen-bond donors (Lipinski definition) is 1. The minimum atomic E-state index is -0.169. The van der Waals surface area contributed by atoms with Gasteiger partial charge in [-0.25, -0.2) is 4.39 Å². The molecule has 2 rings (SSSR count). The second-order valence-electron chi connectivity index (χ2n) is 3.82. The fourth-order valence-corrected chi connectivity index (χ4v) is 1.82. The van der Waals surface area contributed by atoms with E-state index in [0.717, 1.165) is 25.2 Å². The maximum Gasteiger partial charge on any atom is 0.123 e. The molecule has 0 aromatic heterocycles. The molecule has 0 bridgehead atoms. The number of likely N-dealkylation sites (N-methyl/N-ethyl adjacent to an activating group) is 1. The Balaban J connectivity index is 2.10. The molecule has 0 radical (unpaired) electrons. The fourth-order valence-electron chi connectivity index (χ4n) is 1.82. The predicted octanol–water partition coefficient (Wildman–Crippen LogP) is 1.40. The molecule has 0 aliphatic carbocycles. The van der Waals surface area contributed by atoms with Crippen LogP contribution in [0.2, 0.25) is 0 Å². The molecule has 1 heterocycles. The molecule has 1 saturated heterocycles. The second-order valence-corrected chi connectivity index (χ2v) is 3.82. The number of nitrogens with one attached hydrogen (secondary N) is 1. The quantitative estimate of drug-likeness (QED) is 0.727. The summed E-state index contributed by atoms with van der Waals surface area (Å²) in [6.07, 6.45) is 0. The first-order valence-corrected chi connectivity index (χ1v) is 4.93. The predicted molar refractivity (Wildman–Crippen MR) is 54.6 cm³/mol. The number of halogens is 1. The molecule has 0 spiro atoms. The first kappa shape index (κ1) is 9.62. The van der Waals surface area contributed by atoms with Crippen molar-refractivity contribution in [3.63, 3.8) is 0 Å². The summed E-state index contributed by atoms with van der Waals surface area (Å²) in [7, 11) is 2.11. The first-order chi connectivity index (χ1) is 6.75. The summed E-state index contributed by atoms with van der Waals surface area (Å²) in [5.74, 6) is -0.169. The van der Waals surface area contributed by atoms with Gasteiger partial charge in [0.2, 0.25) is 0 Å². The van der Waals surface area contributed by atoms with Crippen LogP contribution in [-0.4, -0.2) is 31.6 Å². The van der Waals surface area contributed by atoms with Gasteiger partial charge in [0.05, 0.1) is 0 Å². The average molecular weight is 194 g/mol. The molecule has 0 amide bonds. The van der Waals surface area contributed by atoms with Crippen LogP contribution in [0.15, 0.2) is 24.3 Å².